The van der Waals surface area contributed by atoms with Gasteiger partial charge in [-0.2, -0.15) is 0 Å². The molecule has 2 saturated carbocycles. The highest BCUT2D eigenvalue weighted by atomic mass is 16.2. The van der Waals surface area contributed by atoms with Gasteiger partial charge in [-0.05, 0) is 55.8 Å². The lowest BCUT2D eigenvalue weighted by atomic mass is 9.47. The quantitative estimate of drug-likeness (QED) is 0.774. The van der Waals surface area contributed by atoms with Crippen LogP contribution < -0.4 is 0 Å². The van der Waals surface area contributed by atoms with Crippen LogP contribution in [0.1, 0.15) is 75.4 Å². The average molecular weight is 294 g/mol. The van der Waals surface area contributed by atoms with E-state index in [0.717, 1.165) is 24.8 Å². The fraction of sp³-hybridized carbons (Fsp3) is 0.842. The summed E-state index contributed by atoms with van der Waals surface area (Å²) in [6.45, 7) is 6.59. The van der Waals surface area contributed by atoms with Gasteiger partial charge < -0.3 is 5.11 Å². The van der Waals surface area contributed by atoms with E-state index in [0.29, 0.717) is 30.0 Å². The number of ketones is 1. The fourth-order valence-corrected chi connectivity index (χ4v) is 5.18. The molecule has 0 unspecified atom stereocenters. The zero-order chi connectivity index (χ0) is 17.5. The number of fused-ring (bicyclic) bond motifs is 1. The van der Waals surface area contributed by atoms with E-state index in [1.54, 1.807) is 0 Å². The van der Waals surface area contributed by atoms with Gasteiger partial charge in [0.05, 0.1) is 9.30 Å². The zero-order valence-electron chi connectivity index (χ0n) is 16.0. The van der Waals surface area contributed by atoms with Crippen LogP contribution in [0.3, 0.4) is 0 Å². The van der Waals surface area contributed by atoms with Crippen molar-refractivity contribution in [3.8, 4) is 0 Å². The normalized spacial score (nSPS) is 38.5. The molecule has 2 aliphatic rings. The number of hydrogen-bond donors (Lipinski definition) is 1. The summed E-state index contributed by atoms with van der Waals surface area (Å²) < 4.78 is 14.5. The van der Waals surface area contributed by atoms with Crippen LogP contribution in [0.15, 0.2) is 11.6 Å². The van der Waals surface area contributed by atoms with Crippen LogP contribution in [0.5, 0.6) is 0 Å². The number of aliphatic hydroxyl groups is 1. The molecule has 0 heterocycles. The van der Waals surface area contributed by atoms with Crippen LogP contribution >= 0.6 is 0 Å². The van der Waals surface area contributed by atoms with Gasteiger partial charge in [0.15, 0.2) is 0 Å². The van der Waals surface area contributed by atoms with Crippen LogP contribution in [0.2, 0.25) is 0 Å². The van der Waals surface area contributed by atoms with E-state index >= 15 is 0 Å². The van der Waals surface area contributed by atoms with Gasteiger partial charge in [0.1, 0.15) is 5.78 Å². The molecular weight excluding hydrogens is 260 g/mol. The smallest absolute Gasteiger partial charge is 0.136 e. The molecule has 2 fully saturated rings. The third kappa shape index (κ3) is 3.26. The summed E-state index contributed by atoms with van der Waals surface area (Å²) in [6, 6.07) is 0. The van der Waals surface area contributed by atoms with Crippen LogP contribution in [-0.2, 0) is 4.79 Å². The maximum atomic E-state index is 12.6. The van der Waals surface area contributed by atoms with Crippen molar-refractivity contribution in [2.45, 2.75) is 72.6 Å². The van der Waals surface area contributed by atoms with Crippen molar-refractivity contribution < 1.29 is 12.6 Å². The van der Waals surface area contributed by atoms with E-state index in [2.05, 4.69) is 20.8 Å². The van der Waals surface area contributed by atoms with Gasteiger partial charge in [0.25, 0.3) is 0 Å². The molecule has 0 amide bonds. The zero-order valence-corrected chi connectivity index (χ0v) is 14.0. The summed E-state index contributed by atoms with van der Waals surface area (Å²) in [6.07, 6.45) is 8.01. The molecule has 0 aromatic heterocycles. The van der Waals surface area contributed by atoms with Crippen molar-refractivity contribution in [1.82, 2.24) is 0 Å². The second-order valence-electron chi connectivity index (χ2n) is 8.12. The van der Waals surface area contributed by atoms with Gasteiger partial charge in [-0.15, -0.1) is 0 Å². The molecule has 0 spiro atoms. The Bertz CT molecular complexity index is 490. The molecule has 2 heteroatoms. The number of carbonyl (C=O) groups is 1. The molecule has 0 aromatic carbocycles. The van der Waals surface area contributed by atoms with Crippen molar-refractivity contribution >= 4 is 5.78 Å². The second-order valence-corrected chi connectivity index (χ2v) is 8.12. The van der Waals surface area contributed by atoms with Gasteiger partial charge in [-0.25, -0.2) is 0 Å². The Morgan fingerprint density at radius 1 is 1.43 bits per heavy atom. The van der Waals surface area contributed by atoms with Gasteiger partial charge in [-0.3, -0.25) is 4.79 Å². The van der Waals surface area contributed by atoms with E-state index in [-0.39, 0.29) is 11.3 Å². The van der Waals surface area contributed by atoms with Crippen molar-refractivity contribution in [1.29, 1.82) is 0 Å². The Morgan fingerprint density at radius 3 is 2.81 bits per heavy atom. The van der Waals surface area contributed by atoms with E-state index in [1.807, 2.05) is 6.92 Å². The summed E-state index contributed by atoms with van der Waals surface area (Å²) in [7, 11) is 0. The molecule has 21 heavy (non-hydrogen) atoms. The number of rotatable bonds is 4. The highest BCUT2D eigenvalue weighted by molar-refractivity contribution is 5.82. The number of allylic oxidation sites excluding steroid dienone is 1. The molecule has 1 N–H and O–H groups in total. The molecule has 3 atom stereocenters. The Morgan fingerprint density at radius 2 is 2.14 bits per heavy atom. The summed E-state index contributed by atoms with van der Waals surface area (Å²) in [5, 5.41) is 9.27. The topological polar surface area (TPSA) is 37.3 Å². The molecular formula is C19H32O2. The first-order valence-electron chi connectivity index (χ1n) is 9.39. The van der Waals surface area contributed by atoms with Crippen molar-refractivity contribution in [3.63, 3.8) is 0 Å². The monoisotopic (exact) mass is 294 g/mol. The minimum Gasteiger partial charge on any atom is -0.392 e. The Balaban J connectivity index is 2.16. The predicted octanol–water partition coefficient (Wildman–Crippen LogP) is 4.52. The molecule has 0 aliphatic heterocycles. The summed E-state index contributed by atoms with van der Waals surface area (Å²) in [5.74, 6) is 1.06. The highest BCUT2D eigenvalue weighted by Gasteiger charge is 2.54. The summed E-state index contributed by atoms with van der Waals surface area (Å²) >= 11 is 0. The van der Waals surface area contributed by atoms with Gasteiger partial charge in [-0.1, -0.05) is 38.8 Å². The maximum absolute atomic E-state index is 12.6. The molecule has 2 aliphatic carbocycles. The first kappa shape index (κ1) is 14.0. The van der Waals surface area contributed by atoms with Crippen LogP contribution in [0.25, 0.3) is 0 Å². The molecule has 2 rings (SSSR count). The van der Waals surface area contributed by atoms with Crippen LogP contribution in [0, 0.1) is 22.7 Å². The highest BCUT2D eigenvalue weighted by Crippen LogP contribution is 2.59. The van der Waals surface area contributed by atoms with E-state index < -0.39 is 6.56 Å². The maximum Gasteiger partial charge on any atom is 0.136 e. The predicted molar refractivity (Wildman–Crippen MR) is 87.0 cm³/mol. The average Bonchev–Trinajstić information content (AvgIpc) is 2.34. The summed E-state index contributed by atoms with van der Waals surface area (Å²) in [5.41, 5.74) is 1.21. The number of hydrogen-bond acceptors (Lipinski definition) is 2. The molecule has 0 aromatic rings. The minimum absolute atomic E-state index is 0.0775. The second kappa shape index (κ2) is 6.24. The van der Waals surface area contributed by atoms with E-state index in [1.165, 1.54) is 18.9 Å². The molecule has 2 nitrogen and oxygen atoms in total. The molecule has 120 valence electrons. The first-order chi connectivity index (χ1) is 10.5. The Hall–Kier alpha value is -0.630. The third-order valence-corrected chi connectivity index (χ3v) is 6.28. The SMILES string of the molecule is [2H]C([2H])(O)/C=C(\C)CC[C@H]1C(=O)CC[C@H]2C(C)(C)CCC[C@]12C. The standard InChI is InChI=1S/C19H32O2/c1-14(10-13-20)6-7-15-16(21)8-9-17-18(2,3)11-5-12-19(15,17)4/h10,15,17,20H,5-9,11-13H2,1-4H3/b14-10+/t15-,17-,19+/m0/s1/i13D2. The molecule has 0 radical (unpaired) electrons. The third-order valence-electron chi connectivity index (χ3n) is 6.28. The van der Waals surface area contributed by atoms with Gasteiger partial charge in [0, 0.05) is 12.3 Å². The lowest BCUT2D eigenvalue weighted by Crippen LogP contribution is -2.51. The Kier molecular flexibility index (Phi) is 4.16. The largest absolute Gasteiger partial charge is 0.392 e. The van der Waals surface area contributed by atoms with Crippen LogP contribution in [-0.4, -0.2) is 17.4 Å². The van der Waals surface area contributed by atoms with Crippen molar-refractivity contribution in [3.05, 3.63) is 11.6 Å². The van der Waals surface area contributed by atoms with Gasteiger partial charge in [0.2, 0.25) is 0 Å². The number of carbonyl (C=O) groups excluding carboxylic acids is 1. The first-order valence-corrected chi connectivity index (χ1v) is 8.39. The lowest BCUT2D eigenvalue weighted by Gasteiger charge is -2.56. The van der Waals surface area contributed by atoms with E-state index in [9.17, 15) is 9.90 Å². The van der Waals surface area contributed by atoms with Gasteiger partial charge >= 0.3 is 0 Å². The minimum atomic E-state index is -2.26. The van der Waals surface area contributed by atoms with Crippen LogP contribution in [0.4, 0.5) is 0 Å². The molecule has 0 bridgehead atoms. The molecule has 0 saturated heterocycles. The van der Waals surface area contributed by atoms with Crippen molar-refractivity contribution in [2.24, 2.45) is 22.7 Å². The summed E-state index contributed by atoms with van der Waals surface area (Å²) in [4.78, 5) is 12.6. The van der Waals surface area contributed by atoms with E-state index in [4.69, 9.17) is 2.74 Å². The Labute approximate surface area is 132 Å². The lowest BCUT2D eigenvalue weighted by molar-refractivity contribution is -0.143. The fourth-order valence-electron chi connectivity index (χ4n) is 5.18. The van der Waals surface area contributed by atoms with Crippen molar-refractivity contribution in [2.75, 3.05) is 6.56 Å². The number of Topliss-reactive ketones (excluding diaryl/α,β-unsaturated/α-hetero) is 1.